The van der Waals surface area contributed by atoms with Crippen molar-refractivity contribution in [2.45, 2.75) is 52.2 Å². The highest BCUT2D eigenvalue weighted by atomic mass is 35.5. The number of hydrogen-bond acceptors (Lipinski definition) is 3. The van der Waals surface area contributed by atoms with Crippen molar-refractivity contribution in [2.75, 3.05) is 0 Å². The molecule has 1 heterocycles. The molecule has 5 nitrogen and oxygen atoms in total. The summed E-state index contributed by atoms with van der Waals surface area (Å²) in [7, 11) is 0. The SMILES string of the molecule is CC(C)N(C(=O)C(c1ccc(Cl)cc1Cl)n1cncn1)C(C)(C)C. The molecule has 1 atom stereocenters. The van der Waals surface area contributed by atoms with Crippen LogP contribution in [-0.4, -0.2) is 37.2 Å². The molecule has 0 N–H and O–H groups in total. The molecule has 0 aliphatic rings. The van der Waals surface area contributed by atoms with Crippen molar-refractivity contribution in [1.29, 1.82) is 0 Å². The van der Waals surface area contributed by atoms with Gasteiger partial charge in [0.25, 0.3) is 5.91 Å². The molecular weight excluding hydrogens is 347 g/mol. The molecule has 2 aromatic rings. The van der Waals surface area contributed by atoms with Gasteiger partial charge >= 0.3 is 0 Å². The van der Waals surface area contributed by atoms with E-state index in [1.165, 1.54) is 17.3 Å². The van der Waals surface area contributed by atoms with Crippen LogP contribution in [-0.2, 0) is 4.79 Å². The van der Waals surface area contributed by atoms with Crippen LogP contribution in [0.4, 0.5) is 0 Å². The molecule has 1 aromatic carbocycles. The predicted molar refractivity (Wildman–Crippen MR) is 96.4 cm³/mol. The van der Waals surface area contributed by atoms with Gasteiger partial charge in [-0.2, -0.15) is 5.10 Å². The fourth-order valence-electron chi connectivity index (χ4n) is 2.95. The standard InChI is InChI=1S/C17H22Cl2N4O/c1-11(2)23(17(3,4)5)16(24)15(22-10-20-9-21-22)13-7-6-12(18)8-14(13)19/h6-11,15H,1-5H3. The molecule has 0 aliphatic carbocycles. The van der Waals surface area contributed by atoms with Gasteiger partial charge in [-0.1, -0.05) is 29.3 Å². The zero-order chi connectivity index (χ0) is 18.1. The van der Waals surface area contributed by atoms with E-state index in [1.54, 1.807) is 18.2 Å². The smallest absolute Gasteiger partial charge is 0.252 e. The van der Waals surface area contributed by atoms with Crippen LogP contribution in [0, 0.1) is 0 Å². The van der Waals surface area contributed by atoms with E-state index in [9.17, 15) is 4.79 Å². The Labute approximate surface area is 152 Å². The Bertz CT molecular complexity index is 708. The van der Waals surface area contributed by atoms with Crippen LogP contribution in [0.2, 0.25) is 10.0 Å². The number of benzene rings is 1. The molecule has 7 heteroatoms. The number of hydrogen-bond donors (Lipinski definition) is 0. The highest BCUT2D eigenvalue weighted by Gasteiger charge is 2.36. The number of aromatic nitrogens is 3. The first-order valence-corrected chi connectivity index (χ1v) is 8.50. The summed E-state index contributed by atoms with van der Waals surface area (Å²) >= 11 is 12.4. The molecule has 1 unspecified atom stereocenters. The molecule has 1 amide bonds. The van der Waals surface area contributed by atoms with E-state index in [2.05, 4.69) is 10.1 Å². The van der Waals surface area contributed by atoms with Gasteiger partial charge in [0.15, 0.2) is 6.04 Å². The summed E-state index contributed by atoms with van der Waals surface area (Å²) < 4.78 is 1.53. The van der Waals surface area contributed by atoms with Crippen LogP contribution in [0.1, 0.15) is 46.2 Å². The lowest BCUT2D eigenvalue weighted by Crippen LogP contribution is -2.52. The van der Waals surface area contributed by atoms with Crippen molar-refractivity contribution < 1.29 is 4.79 Å². The summed E-state index contributed by atoms with van der Waals surface area (Å²) in [5.41, 5.74) is 0.301. The first-order chi connectivity index (χ1) is 11.1. The van der Waals surface area contributed by atoms with Crippen LogP contribution in [0.5, 0.6) is 0 Å². The van der Waals surface area contributed by atoms with E-state index in [0.717, 1.165) is 0 Å². The van der Waals surface area contributed by atoms with Gasteiger partial charge in [0.05, 0.1) is 0 Å². The molecule has 0 aliphatic heterocycles. The van der Waals surface area contributed by atoms with E-state index in [-0.39, 0.29) is 17.5 Å². The molecule has 0 spiro atoms. The minimum Gasteiger partial charge on any atom is -0.333 e. The Balaban J connectivity index is 2.57. The fourth-order valence-corrected chi connectivity index (χ4v) is 3.47. The van der Waals surface area contributed by atoms with E-state index in [0.29, 0.717) is 15.6 Å². The third-order valence-corrected chi connectivity index (χ3v) is 4.23. The summed E-state index contributed by atoms with van der Waals surface area (Å²) in [5.74, 6) is -0.0905. The Hall–Kier alpha value is -1.59. The summed E-state index contributed by atoms with van der Waals surface area (Å²) in [5, 5.41) is 5.11. The first kappa shape index (κ1) is 18.7. The largest absolute Gasteiger partial charge is 0.333 e. The zero-order valence-electron chi connectivity index (χ0n) is 14.5. The Kier molecular flexibility index (Phi) is 5.56. The normalized spacial score (nSPS) is 13.2. The van der Waals surface area contributed by atoms with Gasteiger partial charge in [0, 0.05) is 27.2 Å². The maximum Gasteiger partial charge on any atom is 0.252 e. The summed E-state index contributed by atoms with van der Waals surface area (Å²) in [6.45, 7) is 10.0. The molecule has 0 fully saturated rings. The molecule has 0 saturated heterocycles. The third-order valence-electron chi connectivity index (χ3n) is 3.67. The number of carbonyl (C=O) groups is 1. The average molecular weight is 369 g/mol. The topological polar surface area (TPSA) is 51.0 Å². The quantitative estimate of drug-likeness (QED) is 0.811. The monoisotopic (exact) mass is 368 g/mol. The number of carbonyl (C=O) groups excluding carboxylic acids is 1. The van der Waals surface area contributed by atoms with Crippen LogP contribution in [0.3, 0.4) is 0 Å². The second-order valence-electron chi connectivity index (χ2n) is 6.92. The number of amides is 1. The second kappa shape index (κ2) is 7.11. The van der Waals surface area contributed by atoms with Crippen LogP contribution in [0.15, 0.2) is 30.9 Å². The molecule has 0 bridgehead atoms. The lowest BCUT2D eigenvalue weighted by Gasteiger charge is -2.41. The van der Waals surface area contributed by atoms with E-state index in [1.807, 2.05) is 39.5 Å². The van der Waals surface area contributed by atoms with Crippen LogP contribution < -0.4 is 0 Å². The van der Waals surface area contributed by atoms with Crippen LogP contribution >= 0.6 is 23.2 Å². The average Bonchev–Trinajstić information content (AvgIpc) is 2.93. The maximum atomic E-state index is 13.4. The Morgan fingerprint density at radius 1 is 1.25 bits per heavy atom. The van der Waals surface area contributed by atoms with E-state index < -0.39 is 6.04 Å². The number of rotatable bonds is 4. The summed E-state index contributed by atoms with van der Waals surface area (Å²) in [6, 6.07) is 4.44. The van der Waals surface area contributed by atoms with Crippen molar-refractivity contribution in [3.8, 4) is 0 Å². The maximum absolute atomic E-state index is 13.4. The molecule has 24 heavy (non-hydrogen) atoms. The first-order valence-electron chi connectivity index (χ1n) is 7.75. The summed E-state index contributed by atoms with van der Waals surface area (Å²) in [6.07, 6.45) is 2.93. The minimum atomic E-state index is -0.695. The van der Waals surface area contributed by atoms with Crippen molar-refractivity contribution in [1.82, 2.24) is 19.7 Å². The highest BCUT2D eigenvalue weighted by Crippen LogP contribution is 2.32. The Morgan fingerprint density at radius 3 is 2.38 bits per heavy atom. The molecule has 0 saturated carbocycles. The summed E-state index contributed by atoms with van der Waals surface area (Å²) in [4.78, 5) is 19.2. The number of nitrogens with zero attached hydrogens (tertiary/aromatic N) is 4. The lowest BCUT2D eigenvalue weighted by atomic mass is 9.98. The van der Waals surface area contributed by atoms with Crippen molar-refractivity contribution >= 4 is 29.1 Å². The van der Waals surface area contributed by atoms with Gasteiger partial charge in [-0.25, -0.2) is 9.67 Å². The molecule has 0 radical (unpaired) electrons. The highest BCUT2D eigenvalue weighted by molar-refractivity contribution is 6.35. The van der Waals surface area contributed by atoms with Gasteiger partial charge in [0.2, 0.25) is 0 Å². The van der Waals surface area contributed by atoms with Crippen molar-refractivity contribution in [2.24, 2.45) is 0 Å². The molecular formula is C17H22Cl2N4O. The van der Waals surface area contributed by atoms with Crippen molar-refractivity contribution in [3.63, 3.8) is 0 Å². The van der Waals surface area contributed by atoms with Crippen LogP contribution in [0.25, 0.3) is 0 Å². The van der Waals surface area contributed by atoms with E-state index >= 15 is 0 Å². The second-order valence-corrected chi connectivity index (χ2v) is 7.76. The van der Waals surface area contributed by atoms with Gasteiger partial charge in [0.1, 0.15) is 12.7 Å². The van der Waals surface area contributed by atoms with Gasteiger partial charge in [-0.15, -0.1) is 0 Å². The molecule has 2 rings (SSSR count). The predicted octanol–water partition coefficient (Wildman–Crippen LogP) is 4.21. The Morgan fingerprint density at radius 2 is 1.92 bits per heavy atom. The van der Waals surface area contributed by atoms with Gasteiger partial charge in [-0.3, -0.25) is 4.79 Å². The molecule has 130 valence electrons. The zero-order valence-corrected chi connectivity index (χ0v) is 16.0. The fraction of sp³-hybridized carbons (Fsp3) is 0.471. The van der Waals surface area contributed by atoms with Gasteiger partial charge < -0.3 is 4.90 Å². The minimum absolute atomic E-state index is 0.0228. The number of halogens is 2. The lowest BCUT2D eigenvalue weighted by molar-refractivity contribution is -0.141. The van der Waals surface area contributed by atoms with E-state index in [4.69, 9.17) is 23.2 Å². The third kappa shape index (κ3) is 3.90. The van der Waals surface area contributed by atoms with Gasteiger partial charge in [-0.05, 0) is 46.8 Å². The van der Waals surface area contributed by atoms with Crippen molar-refractivity contribution in [3.05, 3.63) is 46.5 Å². The molecule has 1 aromatic heterocycles.